The van der Waals surface area contributed by atoms with E-state index in [1.54, 1.807) is 19.6 Å². The lowest BCUT2D eigenvalue weighted by Gasteiger charge is -2.32. The number of anilines is 1. The minimum absolute atomic E-state index is 0.00850. The number of benzene rings is 1. The highest BCUT2D eigenvalue weighted by molar-refractivity contribution is 5.91. The van der Waals surface area contributed by atoms with Gasteiger partial charge < -0.3 is 19.9 Å². The summed E-state index contributed by atoms with van der Waals surface area (Å²) in [6, 6.07) is 5.61. The Balaban J connectivity index is 1.46. The molecule has 1 fully saturated rings. The number of hydrogen-bond acceptors (Lipinski definition) is 4. The highest BCUT2D eigenvalue weighted by atomic mass is 16.5. The van der Waals surface area contributed by atoms with Gasteiger partial charge in [0.1, 0.15) is 5.75 Å². The second-order valence-electron chi connectivity index (χ2n) is 7.37. The van der Waals surface area contributed by atoms with Crippen LogP contribution in [0, 0.1) is 12.8 Å². The van der Waals surface area contributed by atoms with Crippen molar-refractivity contribution in [3.63, 3.8) is 0 Å². The molecule has 1 saturated heterocycles. The third kappa shape index (κ3) is 5.34. The first-order chi connectivity index (χ1) is 13.5. The maximum absolute atomic E-state index is 12.5. The molecular weight excluding hydrogens is 356 g/mol. The normalized spacial score (nSPS) is 16.6. The fraction of sp³-hybridized carbons (Fsp3) is 0.476. The minimum atomic E-state index is 0.00850. The molecule has 1 aromatic heterocycles. The van der Waals surface area contributed by atoms with Crippen molar-refractivity contribution < 1.29 is 14.3 Å². The second kappa shape index (κ2) is 9.39. The number of H-pyrrole nitrogens is 1. The highest BCUT2D eigenvalue weighted by Gasteiger charge is 2.24. The zero-order valence-corrected chi connectivity index (χ0v) is 16.5. The van der Waals surface area contributed by atoms with Gasteiger partial charge in [-0.25, -0.2) is 4.98 Å². The van der Waals surface area contributed by atoms with E-state index in [2.05, 4.69) is 15.3 Å². The van der Waals surface area contributed by atoms with Crippen LogP contribution in [0.1, 0.15) is 36.9 Å². The summed E-state index contributed by atoms with van der Waals surface area (Å²) in [5, 5.41) is 2.98. The largest absolute Gasteiger partial charge is 0.497 e. The van der Waals surface area contributed by atoms with E-state index in [1.807, 2.05) is 30.0 Å². The van der Waals surface area contributed by atoms with E-state index in [-0.39, 0.29) is 11.8 Å². The van der Waals surface area contributed by atoms with Crippen molar-refractivity contribution in [1.29, 1.82) is 0 Å². The Labute approximate surface area is 165 Å². The summed E-state index contributed by atoms with van der Waals surface area (Å²) >= 11 is 0. The Morgan fingerprint density at radius 2 is 2.25 bits per heavy atom. The van der Waals surface area contributed by atoms with Crippen molar-refractivity contribution >= 4 is 17.5 Å². The molecule has 0 saturated carbocycles. The molecule has 7 heteroatoms. The number of ether oxygens (including phenoxy) is 1. The molecule has 2 aromatic rings. The standard InChI is InChI=1S/C21H28N4O3/c1-15-10-18(28-2)6-7-19(15)24-20(26)8-5-16-4-3-9-25(13-16)21(27)11-17-12-22-14-23-17/h6-7,10,12,14,16H,3-5,8-9,11,13H2,1-2H3,(H,22,23)(H,24,26). The van der Waals surface area contributed by atoms with Crippen LogP contribution in [-0.2, 0) is 16.0 Å². The van der Waals surface area contributed by atoms with Gasteiger partial charge in [0, 0.05) is 37.1 Å². The van der Waals surface area contributed by atoms with Crippen LogP contribution < -0.4 is 10.1 Å². The topological polar surface area (TPSA) is 87.3 Å². The van der Waals surface area contributed by atoms with Gasteiger partial charge in [0.05, 0.1) is 19.9 Å². The Kier molecular flexibility index (Phi) is 6.68. The average molecular weight is 384 g/mol. The first-order valence-corrected chi connectivity index (χ1v) is 9.74. The fourth-order valence-electron chi connectivity index (χ4n) is 3.63. The molecular formula is C21H28N4O3. The molecule has 1 aliphatic rings. The van der Waals surface area contributed by atoms with Crippen molar-refractivity contribution in [2.45, 2.75) is 39.0 Å². The number of rotatable bonds is 7. The Morgan fingerprint density at radius 3 is 2.96 bits per heavy atom. The average Bonchev–Trinajstić information content (AvgIpc) is 3.21. The van der Waals surface area contributed by atoms with Crippen LogP contribution in [-0.4, -0.2) is 46.9 Å². The molecule has 2 amide bonds. The smallest absolute Gasteiger partial charge is 0.228 e. The lowest BCUT2D eigenvalue weighted by Crippen LogP contribution is -2.41. The molecule has 0 aliphatic carbocycles. The molecule has 0 bridgehead atoms. The summed E-state index contributed by atoms with van der Waals surface area (Å²) in [6.07, 6.45) is 6.91. The van der Waals surface area contributed by atoms with Crippen molar-refractivity contribution in [2.24, 2.45) is 5.92 Å². The fourth-order valence-corrected chi connectivity index (χ4v) is 3.63. The molecule has 7 nitrogen and oxygen atoms in total. The minimum Gasteiger partial charge on any atom is -0.497 e. The first-order valence-electron chi connectivity index (χ1n) is 9.74. The number of amides is 2. The number of aryl methyl sites for hydroxylation is 1. The van der Waals surface area contributed by atoms with Crippen molar-refractivity contribution in [2.75, 3.05) is 25.5 Å². The molecule has 150 valence electrons. The monoisotopic (exact) mass is 384 g/mol. The molecule has 1 atom stereocenters. The lowest BCUT2D eigenvalue weighted by molar-refractivity contribution is -0.132. The van der Waals surface area contributed by atoms with Crippen LogP contribution in [0.4, 0.5) is 5.69 Å². The number of aromatic amines is 1. The molecule has 28 heavy (non-hydrogen) atoms. The zero-order valence-electron chi connectivity index (χ0n) is 16.5. The van der Waals surface area contributed by atoms with Gasteiger partial charge in [-0.05, 0) is 55.9 Å². The molecule has 2 N–H and O–H groups in total. The van der Waals surface area contributed by atoms with Gasteiger partial charge in [0.2, 0.25) is 11.8 Å². The van der Waals surface area contributed by atoms with Gasteiger partial charge in [-0.2, -0.15) is 0 Å². The number of piperidine rings is 1. The van der Waals surface area contributed by atoms with Crippen LogP contribution in [0.25, 0.3) is 0 Å². The number of carbonyl (C=O) groups excluding carboxylic acids is 2. The Morgan fingerprint density at radius 1 is 1.39 bits per heavy atom. The third-order valence-corrected chi connectivity index (χ3v) is 5.26. The van der Waals surface area contributed by atoms with E-state index < -0.39 is 0 Å². The van der Waals surface area contributed by atoms with E-state index in [0.29, 0.717) is 18.8 Å². The third-order valence-electron chi connectivity index (χ3n) is 5.26. The van der Waals surface area contributed by atoms with Crippen LogP contribution in [0.15, 0.2) is 30.7 Å². The SMILES string of the molecule is COc1ccc(NC(=O)CCC2CCCN(C(=O)Cc3cnc[nH]3)C2)c(C)c1. The van der Waals surface area contributed by atoms with Gasteiger partial charge in [-0.3, -0.25) is 9.59 Å². The number of imidazole rings is 1. The summed E-state index contributed by atoms with van der Waals surface area (Å²) in [6.45, 7) is 3.46. The predicted molar refractivity (Wildman–Crippen MR) is 107 cm³/mol. The number of hydrogen-bond donors (Lipinski definition) is 2. The van der Waals surface area contributed by atoms with Gasteiger partial charge in [-0.15, -0.1) is 0 Å². The number of nitrogens with one attached hydrogen (secondary N) is 2. The summed E-state index contributed by atoms with van der Waals surface area (Å²) in [4.78, 5) is 33.7. The van der Waals surface area contributed by atoms with E-state index >= 15 is 0 Å². The Hall–Kier alpha value is -2.83. The first kappa shape index (κ1) is 19.9. The summed E-state index contributed by atoms with van der Waals surface area (Å²) in [7, 11) is 1.63. The zero-order chi connectivity index (χ0) is 19.9. The number of likely N-dealkylation sites (tertiary alicyclic amines) is 1. The van der Waals surface area contributed by atoms with Gasteiger partial charge in [0.15, 0.2) is 0 Å². The number of carbonyl (C=O) groups is 2. The maximum atomic E-state index is 12.5. The molecule has 1 unspecified atom stereocenters. The van der Waals surface area contributed by atoms with Crippen LogP contribution >= 0.6 is 0 Å². The van der Waals surface area contributed by atoms with E-state index in [0.717, 1.165) is 55.0 Å². The van der Waals surface area contributed by atoms with Crippen molar-refractivity contribution in [1.82, 2.24) is 14.9 Å². The molecule has 0 radical (unpaired) electrons. The molecule has 1 aliphatic heterocycles. The molecule has 2 heterocycles. The summed E-state index contributed by atoms with van der Waals surface area (Å²) in [5.41, 5.74) is 2.62. The second-order valence-corrected chi connectivity index (χ2v) is 7.37. The van der Waals surface area contributed by atoms with Gasteiger partial charge in [-0.1, -0.05) is 0 Å². The van der Waals surface area contributed by atoms with Crippen LogP contribution in [0.5, 0.6) is 5.75 Å². The Bertz CT molecular complexity index is 804. The summed E-state index contributed by atoms with van der Waals surface area (Å²) < 4.78 is 5.19. The van der Waals surface area contributed by atoms with E-state index in [9.17, 15) is 9.59 Å². The van der Waals surface area contributed by atoms with E-state index in [1.165, 1.54) is 0 Å². The summed E-state index contributed by atoms with van der Waals surface area (Å²) in [5.74, 6) is 1.27. The highest BCUT2D eigenvalue weighted by Crippen LogP contribution is 2.24. The quantitative estimate of drug-likeness (QED) is 0.768. The van der Waals surface area contributed by atoms with Gasteiger partial charge in [0.25, 0.3) is 0 Å². The van der Waals surface area contributed by atoms with Crippen molar-refractivity contribution in [3.8, 4) is 5.75 Å². The van der Waals surface area contributed by atoms with Crippen LogP contribution in [0.3, 0.4) is 0 Å². The van der Waals surface area contributed by atoms with Gasteiger partial charge >= 0.3 is 0 Å². The number of nitrogens with zero attached hydrogens (tertiary/aromatic N) is 2. The number of methoxy groups -OCH3 is 1. The molecule has 1 aromatic carbocycles. The van der Waals surface area contributed by atoms with E-state index in [4.69, 9.17) is 4.74 Å². The number of aromatic nitrogens is 2. The van der Waals surface area contributed by atoms with Crippen LogP contribution in [0.2, 0.25) is 0 Å². The maximum Gasteiger partial charge on any atom is 0.228 e. The predicted octanol–water partition coefficient (Wildman–Crippen LogP) is 2.93. The van der Waals surface area contributed by atoms with Crippen molar-refractivity contribution in [3.05, 3.63) is 42.0 Å². The molecule has 0 spiro atoms. The molecule has 3 rings (SSSR count). The lowest BCUT2D eigenvalue weighted by atomic mass is 9.93.